The van der Waals surface area contributed by atoms with E-state index in [1.807, 2.05) is 24.6 Å². The number of hydrogen-bond donors (Lipinski definition) is 1. The van der Waals surface area contributed by atoms with Gasteiger partial charge in [0.1, 0.15) is 12.1 Å². The van der Waals surface area contributed by atoms with Gasteiger partial charge in [0.25, 0.3) is 0 Å². The summed E-state index contributed by atoms with van der Waals surface area (Å²) < 4.78 is 1.85. The first-order chi connectivity index (χ1) is 6.68. The zero-order chi connectivity index (χ0) is 10.1. The minimum Gasteiger partial charge on any atom is -0.384 e. The topological polar surface area (TPSA) is 69.6 Å². The van der Waals surface area contributed by atoms with E-state index in [-0.39, 0.29) is 0 Å². The maximum absolute atomic E-state index is 5.56. The largest absolute Gasteiger partial charge is 0.384 e. The Bertz CT molecular complexity index is 460. The van der Waals surface area contributed by atoms with Crippen molar-refractivity contribution < 1.29 is 0 Å². The molecule has 5 nitrogen and oxygen atoms in total. The molecule has 0 bridgehead atoms. The third kappa shape index (κ3) is 1.32. The summed E-state index contributed by atoms with van der Waals surface area (Å²) in [5, 5.41) is 7.82. The minimum atomic E-state index is 0.522. The number of anilines is 1. The number of rotatable bonds is 1. The zero-order valence-electron chi connectivity index (χ0n) is 8.10. The highest BCUT2D eigenvalue weighted by Gasteiger charge is 2.07. The molecule has 0 atom stereocenters. The number of aromatic nitrogens is 4. The summed E-state index contributed by atoms with van der Waals surface area (Å²) in [4.78, 5) is 4.03. The zero-order valence-corrected chi connectivity index (χ0v) is 8.10. The van der Waals surface area contributed by atoms with Crippen LogP contribution in [-0.4, -0.2) is 19.7 Å². The van der Waals surface area contributed by atoms with Crippen molar-refractivity contribution in [3.8, 4) is 11.4 Å². The van der Waals surface area contributed by atoms with Gasteiger partial charge in [-0.2, -0.15) is 0 Å². The van der Waals surface area contributed by atoms with E-state index < -0.39 is 0 Å². The van der Waals surface area contributed by atoms with Gasteiger partial charge < -0.3 is 10.3 Å². The Morgan fingerprint density at radius 3 is 2.79 bits per heavy atom. The number of aryl methyl sites for hydroxylation is 2. The lowest BCUT2D eigenvalue weighted by Gasteiger charge is -2.04. The third-order valence-electron chi connectivity index (χ3n) is 2.08. The molecule has 0 spiro atoms. The van der Waals surface area contributed by atoms with Crippen molar-refractivity contribution >= 4 is 5.82 Å². The van der Waals surface area contributed by atoms with Gasteiger partial charge in [-0.1, -0.05) is 0 Å². The van der Waals surface area contributed by atoms with Gasteiger partial charge in [0, 0.05) is 18.8 Å². The lowest BCUT2D eigenvalue weighted by molar-refractivity contribution is 0.917. The molecule has 0 aromatic carbocycles. The molecule has 0 radical (unpaired) electrons. The molecule has 0 saturated carbocycles. The number of nitrogens with two attached hydrogens (primary N) is 1. The van der Waals surface area contributed by atoms with Gasteiger partial charge in [-0.05, 0) is 18.6 Å². The quantitative estimate of drug-likeness (QED) is 0.719. The van der Waals surface area contributed by atoms with Crippen LogP contribution in [0.25, 0.3) is 11.4 Å². The maximum Gasteiger partial charge on any atom is 0.165 e. The molecule has 2 aromatic rings. The van der Waals surface area contributed by atoms with Crippen molar-refractivity contribution in [1.29, 1.82) is 0 Å². The first-order valence-corrected chi connectivity index (χ1v) is 4.25. The van der Waals surface area contributed by atoms with E-state index in [4.69, 9.17) is 5.73 Å². The van der Waals surface area contributed by atoms with Gasteiger partial charge in [-0.3, -0.25) is 0 Å². The summed E-state index contributed by atoms with van der Waals surface area (Å²) in [6.07, 6.45) is 3.37. The molecule has 0 aliphatic heterocycles. The highest BCUT2D eigenvalue weighted by Crippen LogP contribution is 2.20. The fourth-order valence-electron chi connectivity index (χ4n) is 1.34. The molecule has 2 heterocycles. The third-order valence-corrected chi connectivity index (χ3v) is 2.08. The molecule has 2 aromatic heterocycles. The Hall–Kier alpha value is -1.91. The van der Waals surface area contributed by atoms with Gasteiger partial charge in [0.05, 0.1) is 0 Å². The number of hydrogen-bond acceptors (Lipinski definition) is 4. The molecule has 14 heavy (non-hydrogen) atoms. The molecule has 2 N–H and O–H groups in total. The molecule has 0 aliphatic rings. The van der Waals surface area contributed by atoms with E-state index in [9.17, 15) is 0 Å². The molecule has 5 heteroatoms. The lowest BCUT2D eigenvalue weighted by atomic mass is 10.1. The van der Waals surface area contributed by atoms with E-state index in [1.54, 1.807) is 12.5 Å². The smallest absolute Gasteiger partial charge is 0.165 e. The van der Waals surface area contributed by atoms with Crippen LogP contribution >= 0.6 is 0 Å². The van der Waals surface area contributed by atoms with Crippen molar-refractivity contribution in [1.82, 2.24) is 19.7 Å². The first-order valence-electron chi connectivity index (χ1n) is 4.25. The monoisotopic (exact) mass is 189 g/mol. The Morgan fingerprint density at radius 2 is 2.21 bits per heavy atom. The fourth-order valence-corrected chi connectivity index (χ4v) is 1.34. The molecule has 0 aliphatic carbocycles. The maximum atomic E-state index is 5.56. The Labute approximate surface area is 81.6 Å². The summed E-state index contributed by atoms with van der Waals surface area (Å²) in [5.74, 6) is 1.32. The molecule has 0 fully saturated rings. The second-order valence-corrected chi connectivity index (χ2v) is 3.19. The summed E-state index contributed by atoms with van der Waals surface area (Å²) >= 11 is 0. The van der Waals surface area contributed by atoms with Crippen molar-refractivity contribution in [2.75, 3.05) is 5.73 Å². The first kappa shape index (κ1) is 8.68. The second kappa shape index (κ2) is 3.10. The Morgan fingerprint density at radius 1 is 1.43 bits per heavy atom. The van der Waals surface area contributed by atoms with Crippen LogP contribution in [0.5, 0.6) is 0 Å². The number of nitrogen functional groups attached to an aromatic ring is 1. The van der Waals surface area contributed by atoms with Crippen LogP contribution in [0.4, 0.5) is 5.82 Å². The normalized spacial score (nSPS) is 10.4. The standard InChI is InChI=1S/C9H11N5/c1-6-3-8(10)11-4-7(6)9-13-12-5-14(9)2/h3-5H,1-2H3,(H2,10,11). The van der Waals surface area contributed by atoms with Crippen molar-refractivity contribution in [2.45, 2.75) is 6.92 Å². The van der Waals surface area contributed by atoms with Gasteiger partial charge in [-0.15, -0.1) is 10.2 Å². The molecule has 2 rings (SSSR count). The number of nitrogens with zero attached hydrogens (tertiary/aromatic N) is 4. The molecule has 0 amide bonds. The highest BCUT2D eigenvalue weighted by atomic mass is 15.2. The van der Waals surface area contributed by atoms with Crippen molar-refractivity contribution in [3.05, 3.63) is 24.2 Å². The van der Waals surface area contributed by atoms with Crippen LogP contribution in [-0.2, 0) is 7.05 Å². The van der Waals surface area contributed by atoms with E-state index in [2.05, 4.69) is 15.2 Å². The van der Waals surface area contributed by atoms with Crippen LogP contribution in [0.3, 0.4) is 0 Å². The predicted octanol–water partition coefficient (Wildman–Crippen LogP) is 0.768. The Kier molecular flexibility index (Phi) is 1.92. The van der Waals surface area contributed by atoms with E-state index in [0.29, 0.717) is 5.82 Å². The summed E-state index contributed by atoms with van der Waals surface area (Å²) in [5.41, 5.74) is 7.57. The lowest BCUT2D eigenvalue weighted by Crippen LogP contribution is -1.97. The molecular formula is C9H11N5. The SMILES string of the molecule is Cc1cc(N)ncc1-c1nncn1C. The molecule has 0 saturated heterocycles. The van der Waals surface area contributed by atoms with E-state index in [1.165, 1.54) is 0 Å². The van der Waals surface area contributed by atoms with Gasteiger partial charge >= 0.3 is 0 Å². The average Bonchev–Trinajstić information content (AvgIpc) is 2.52. The van der Waals surface area contributed by atoms with Gasteiger partial charge in [-0.25, -0.2) is 4.98 Å². The fraction of sp³-hybridized carbons (Fsp3) is 0.222. The van der Waals surface area contributed by atoms with Crippen molar-refractivity contribution in [2.24, 2.45) is 7.05 Å². The predicted molar refractivity (Wildman–Crippen MR) is 53.4 cm³/mol. The molecular weight excluding hydrogens is 178 g/mol. The average molecular weight is 189 g/mol. The second-order valence-electron chi connectivity index (χ2n) is 3.19. The van der Waals surface area contributed by atoms with Crippen LogP contribution < -0.4 is 5.73 Å². The summed E-state index contributed by atoms with van der Waals surface area (Å²) in [6.45, 7) is 1.97. The Balaban J connectivity index is 2.58. The van der Waals surface area contributed by atoms with E-state index >= 15 is 0 Å². The summed E-state index contributed by atoms with van der Waals surface area (Å²) in [7, 11) is 1.89. The molecule has 0 unspecified atom stereocenters. The van der Waals surface area contributed by atoms with Gasteiger partial charge in [0.15, 0.2) is 5.82 Å². The minimum absolute atomic E-state index is 0.522. The molecule has 72 valence electrons. The van der Waals surface area contributed by atoms with Crippen LogP contribution in [0.1, 0.15) is 5.56 Å². The van der Waals surface area contributed by atoms with Crippen LogP contribution in [0.2, 0.25) is 0 Å². The van der Waals surface area contributed by atoms with Crippen molar-refractivity contribution in [3.63, 3.8) is 0 Å². The number of pyridine rings is 1. The van der Waals surface area contributed by atoms with Gasteiger partial charge in [0.2, 0.25) is 0 Å². The van der Waals surface area contributed by atoms with E-state index in [0.717, 1.165) is 17.0 Å². The van der Waals surface area contributed by atoms with Crippen LogP contribution in [0, 0.1) is 6.92 Å². The highest BCUT2D eigenvalue weighted by molar-refractivity contribution is 5.60. The van der Waals surface area contributed by atoms with Crippen LogP contribution in [0.15, 0.2) is 18.6 Å². The summed E-state index contributed by atoms with van der Waals surface area (Å²) in [6, 6.07) is 1.82.